The molecule has 0 aromatic heterocycles. The molecule has 3 atom stereocenters. The van der Waals surface area contributed by atoms with Gasteiger partial charge in [-0.1, -0.05) is 12.5 Å². The fraction of sp³-hybridized carbons (Fsp3) is 0.632. The van der Waals surface area contributed by atoms with E-state index in [1.807, 2.05) is 9.80 Å². The van der Waals surface area contributed by atoms with Crippen molar-refractivity contribution in [2.75, 3.05) is 31.1 Å². The molecule has 0 N–H and O–H groups in total. The minimum Gasteiger partial charge on any atom is -0.368 e. The standard InChI is InChI=1S/C19H23F3N2O/c20-19(21,22)15-2-1-3-16(12-15)23-6-8-24(9-7-23)18(25)17-11-13-4-5-14(17)10-13/h1-3,12-14,17H,4-11H2. The van der Waals surface area contributed by atoms with Crippen molar-refractivity contribution >= 4 is 11.6 Å². The van der Waals surface area contributed by atoms with Crippen molar-refractivity contribution in [3.05, 3.63) is 29.8 Å². The van der Waals surface area contributed by atoms with E-state index in [1.54, 1.807) is 6.07 Å². The van der Waals surface area contributed by atoms with E-state index in [0.717, 1.165) is 18.4 Å². The van der Waals surface area contributed by atoms with E-state index in [2.05, 4.69) is 0 Å². The number of carbonyl (C=O) groups excluding carboxylic acids is 1. The van der Waals surface area contributed by atoms with Gasteiger partial charge in [0, 0.05) is 37.8 Å². The summed E-state index contributed by atoms with van der Waals surface area (Å²) in [5.41, 5.74) is -0.0349. The van der Waals surface area contributed by atoms with E-state index < -0.39 is 11.7 Å². The molecule has 0 radical (unpaired) electrons. The van der Waals surface area contributed by atoms with Gasteiger partial charge >= 0.3 is 6.18 Å². The Morgan fingerprint density at radius 3 is 2.40 bits per heavy atom. The van der Waals surface area contributed by atoms with Gasteiger partial charge in [0.15, 0.2) is 0 Å². The number of piperazine rings is 1. The van der Waals surface area contributed by atoms with E-state index in [-0.39, 0.29) is 11.8 Å². The zero-order valence-corrected chi connectivity index (χ0v) is 14.1. The second kappa shape index (κ2) is 6.22. The zero-order valence-electron chi connectivity index (χ0n) is 14.1. The highest BCUT2D eigenvalue weighted by Crippen LogP contribution is 2.49. The van der Waals surface area contributed by atoms with E-state index in [9.17, 15) is 18.0 Å². The molecule has 2 aliphatic carbocycles. The van der Waals surface area contributed by atoms with Gasteiger partial charge in [-0.2, -0.15) is 13.2 Å². The molecule has 25 heavy (non-hydrogen) atoms. The molecule has 1 saturated heterocycles. The average molecular weight is 352 g/mol. The molecule has 1 aromatic carbocycles. The maximum absolute atomic E-state index is 12.9. The molecule has 2 bridgehead atoms. The molecule has 3 fully saturated rings. The predicted molar refractivity (Wildman–Crippen MR) is 89.2 cm³/mol. The lowest BCUT2D eigenvalue weighted by molar-refractivity contribution is -0.138. The summed E-state index contributed by atoms with van der Waals surface area (Å²) >= 11 is 0. The van der Waals surface area contributed by atoms with Crippen molar-refractivity contribution in [3.63, 3.8) is 0 Å². The molecule has 136 valence electrons. The van der Waals surface area contributed by atoms with Crippen LogP contribution in [0.2, 0.25) is 0 Å². The summed E-state index contributed by atoms with van der Waals surface area (Å²) in [4.78, 5) is 16.6. The Balaban J connectivity index is 1.38. The fourth-order valence-corrected chi connectivity index (χ4v) is 4.85. The van der Waals surface area contributed by atoms with Crippen LogP contribution in [0.25, 0.3) is 0 Å². The van der Waals surface area contributed by atoms with E-state index >= 15 is 0 Å². The highest BCUT2D eigenvalue weighted by molar-refractivity contribution is 5.80. The highest BCUT2D eigenvalue weighted by Gasteiger charge is 2.44. The fourth-order valence-electron chi connectivity index (χ4n) is 4.85. The predicted octanol–water partition coefficient (Wildman–Crippen LogP) is 3.79. The first-order valence-corrected chi connectivity index (χ1v) is 9.13. The quantitative estimate of drug-likeness (QED) is 0.808. The van der Waals surface area contributed by atoms with Gasteiger partial charge in [-0.25, -0.2) is 0 Å². The Morgan fingerprint density at radius 1 is 1.04 bits per heavy atom. The van der Waals surface area contributed by atoms with Gasteiger partial charge in [-0.05, 0) is 49.3 Å². The highest BCUT2D eigenvalue weighted by atomic mass is 19.4. The van der Waals surface area contributed by atoms with E-state index in [4.69, 9.17) is 0 Å². The number of nitrogens with zero attached hydrogens (tertiary/aromatic N) is 2. The first-order chi connectivity index (χ1) is 11.9. The number of anilines is 1. The summed E-state index contributed by atoms with van der Waals surface area (Å²) in [6, 6.07) is 5.46. The molecule has 6 heteroatoms. The SMILES string of the molecule is O=C(C1CC2CCC1C2)N1CCN(c2cccc(C(F)(F)F)c2)CC1. The lowest BCUT2D eigenvalue weighted by Gasteiger charge is -2.38. The topological polar surface area (TPSA) is 23.6 Å². The van der Waals surface area contributed by atoms with Crippen molar-refractivity contribution in [2.24, 2.45) is 17.8 Å². The van der Waals surface area contributed by atoms with Crippen LogP contribution >= 0.6 is 0 Å². The molecule has 3 nitrogen and oxygen atoms in total. The number of rotatable bonds is 2. The van der Waals surface area contributed by atoms with Crippen LogP contribution in [0, 0.1) is 17.8 Å². The first-order valence-electron chi connectivity index (χ1n) is 9.13. The summed E-state index contributed by atoms with van der Waals surface area (Å²) < 4.78 is 38.6. The number of halogens is 3. The average Bonchev–Trinajstić information content (AvgIpc) is 3.24. The largest absolute Gasteiger partial charge is 0.416 e. The third-order valence-electron chi connectivity index (χ3n) is 6.19. The summed E-state index contributed by atoms with van der Waals surface area (Å²) in [5, 5.41) is 0. The Bertz CT molecular complexity index is 652. The van der Waals surface area contributed by atoms with Gasteiger partial charge < -0.3 is 9.80 Å². The number of hydrogen-bond donors (Lipinski definition) is 0. The van der Waals surface area contributed by atoms with Gasteiger partial charge in [0.05, 0.1) is 5.56 Å². The molecule has 1 amide bonds. The third kappa shape index (κ3) is 3.23. The molecular formula is C19H23F3N2O. The minimum absolute atomic E-state index is 0.193. The zero-order chi connectivity index (χ0) is 17.6. The lowest BCUT2D eigenvalue weighted by atomic mass is 9.87. The van der Waals surface area contributed by atoms with Crippen LogP contribution in [-0.4, -0.2) is 37.0 Å². The number of hydrogen-bond acceptors (Lipinski definition) is 2. The number of carbonyl (C=O) groups is 1. The smallest absolute Gasteiger partial charge is 0.368 e. The van der Waals surface area contributed by atoms with Crippen molar-refractivity contribution < 1.29 is 18.0 Å². The Hall–Kier alpha value is -1.72. The normalized spacial score (nSPS) is 29.3. The molecule has 4 rings (SSSR count). The van der Waals surface area contributed by atoms with Crippen LogP contribution in [0.15, 0.2) is 24.3 Å². The molecular weight excluding hydrogens is 329 g/mol. The number of benzene rings is 1. The Morgan fingerprint density at radius 2 is 1.80 bits per heavy atom. The summed E-state index contributed by atoms with van der Waals surface area (Å²) in [6.07, 6.45) is 0.385. The monoisotopic (exact) mass is 352 g/mol. The number of alkyl halides is 3. The Kier molecular flexibility index (Phi) is 4.16. The number of amides is 1. The van der Waals surface area contributed by atoms with Crippen LogP contribution in [0.4, 0.5) is 18.9 Å². The van der Waals surface area contributed by atoms with Gasteiger partial charge in [0.1, 0.15) is 0 Å². The van der Waals surface area contributed by atoms with Crippen molar-refractivity contribution in [2.45, 2.75) is 31.9 Å². The number of fused-ring (bicyclic) bond motifs is 2. The van der Waals surface area contributed by atoms with Crippen LogP contribution < -0.4 is 4.90 Å². The van der Waals surface area contributed by atoms with Crippen LogP contribution in [0.1, 0.15) is 31.2 Å². The second-order valence-electron chi connectivity index (χ2n) is 7.64. The molecule has 3 aliphatic rings. The van der Waals surface area contributed by atoms with Crippen LogP contribution in [0.3, 0.4) is 0 Å². The maximum Gasteiger partial charge on any atom is 0.416 e. The molecule has 2 saturated carbocycles. The molecule has 0 spiro atoms. The van der Waals surface area contributed by atoms with Gasteiger partial charge in [0.2, 0.25) is 5.91 Å². The molecule has 3 unspecified atom stereocenters. The second-order valence-corrected chi connectivity index (χ2v) is 7.64. The molecule has 1 aromatic rings. The van der Waals surface area contributed by atoms with Crippen molar-refractivity contribution in [1.82, 2.24) is 4.90 Å². The lowest BCUT2D eigenvalue weighted by Crippen LogP contribution is -2.51. The first kappa shape index (κ1) is 16.7. The van der Waals surface area contributed by atoms with Gasteiger partial charge in [-0.15, -0.1) is 0 Å². The minimum atomic E-state index is -4.32. The summed E-state index contributed by atoms with van der Waals surface area (Å²) in [6.45, 7) is 2.38. The van der Waals surface area contributed by atoms with Crippen molar-refractivity contribution in [3.8, 4) is 0 Å². The van der Waals surface area contributed by atoms with Gasteiger partial charge in [-0.3, -0.25) is 4.79 Å². The maximum atomic E-state index is 12.9. The van der Waals surface area contributed by atoms with Crippen LogP contribution in [-0.2, 0) is 11.0 Å². The van der Waals surface area contributed by atoms with E-state index in [1.165, 1.54) is 31.4 Å². The van der Waals surface area contributed by atoms with E-state index in [0.29, 0.717) is 37.8 Å². The summed E-state index contributed by atoms with van der Waals surface area (Å²) in [5.74, 6) is 1.78. The van der Waals surface area contributed by atoms with Gasteiger partial charge in [0.25, 0.3) is 0 Å². The molecule has 1 aliphatic heterocycles. The summed E-state index contributed by atoms with van der Waals surface area (Å²) in [7, 11) is 0. The molecule has 1 heterocycles. The Labute approximate surface area is 145 Å². The van der Waals surface area contributed by atoms with Crippen LogP contribution in [0.5, 0.6) is 0 Å². The van der Waals surface area contributed by atoms with Crippen molar-refractivity contribution in [1.29, 1.82) is 0 Å². The third-order valence-corrected chi connectivity index (χ3v) is 6.19.